The van der Waals surface area contributed by atoms with Crippen molar-refractivity contribution in [3.8, 4) is 0 Å². The second-order valence-electron chi connectivity index (χ2n) is 10.4. The van der Waals surface area contributed by atoms with Crippen molar-refractivity contribution in [2.45, 2.75) is 64.4 Å². The highest BCUT2D eigenvalue weighted by Gasteiger charge is 2.51. The van der Waals surface area contributed by atoms with E-state index in [1.165, 1.54) is 38.5 Å². The Labute approximate surface area is 183 Å². The van der Waals surface area contributed by atoms with E-state index in [1.54, 1.807) is 11.8 Å². The van der Waals surface area contributed by atoms with E-state index in [9.17, 15) is 14.4 Å². The molecule has 166 valence electrons. The van der Waals surface area contributed by atoms with Crippen LogP contribution in [0.5, 0.6) is 0 Å². The molecule has 5 aliphatic rings. The Morgan fingerprint density at radius 2 is 1.74 bits per heavy atom. The monoisotopic (exact) mass is 424 g/mol. The molecule has 4 saturated carbocycles. The van der Waals surface area contributed by atoms with Crippen LogP contribution in [0.15, 0.2) is 24.3 Å². The number of hydrogen-bond acceptors (Lipinski definition) is 4. The van der Waals surface area contributed by atoms with E-state index >= 15 is 0 Å². The molecule has 1 aromatic rings. The van der Waals surface area contributed by atoms with Crippen LogP contribution in [0.2, 0.25) is 0 Å². The number of nitrogens with zero attached hydrogens (tertiary/aromatic N) is 1. The third-order valence-electron chi connectivity index (χ3n) is 7.94. The predicted octanol–water partition coefficient (Wildman–Crippen LogP) is 3.23. The number of carbonyl (C=O) groups is 3. The minimum Gasteiger partial charge on any atom is -0.451 e. The lowest BCUT2D eigenvalue weighted by Gasteiger charge is -2.56. The van der Waals surface area contributed by atoms with E-state index in [4.69, 9.17) is 4.74 Å². The molecule has 0 spiro atoms. The van der Waals surface area contributed by atoms with Crippen LogP contribution >= 0.6 is 0 Å². The molecular formula is C25H32N2O4. The molecule has 2 amide bonds. The van der Waals surface area contributed by atoms with Gasteiger partial charge in [0.15, 0.2) is 6.10 Å². The van der Waals surface area contributed by atoms with Crippen LogP contribution < -0.4 is 10.2 Å². The molecule has 6 rings (SSSR count). The molecule has 6 heteroatoms. The van der Waals surface area contributed by atoms with Crippen LogP contribution in [-0.2, 0) is 25.5 Å². The molecule has 1 aliphatic heterocycles. The first-order valence-corrected chi connectivity index (χ1v) is 11.8. The topological polar surface area (TPSA) is 75.7 Å². The molecule has 4 bridgehead atoms. The Hall–Kier alpha value is -2.37. The van der Waals surface area contributed by atoms with Gasteiger partial charge in [-0.05, 0) is 86.7 Å². The molecule has 0 radical (unpaired) electrons. The number of benzene rings is 1. The van der Waals surface area contributed by atoms with E-state index in [1.807, 2.05) is 24.3 Å². The fourth-order valence-corrected chi connectivity index (χ4v) is 7.16. The third-order valence-corrected chi connectivity index (χ3v) is 7.94. The second kappa shape index (κ2) is 7.95. The SMILES string of the molecule is C[C@@H](OC(=O)CNC(=O)CC12CC3CC(CC(C3)C1)C2)C(=O)N1CCc2ccccc21. The Kier molecular flexibility index (Phi) is 5.27. The first-order valence-electron chi connectivity index (χ1n) is 11.8. The Balaban J connectivity index is 1.09. The highest BCUT2D eigenvalue weighted by Crippen LogP contribution is 2.61. The summed E-state index contributed by atoms with van der Waals surface area (Å²) in [5.74, 6) is 1.54. The third kappa shape index (κ3) is 4.09. The number of fused-ring (bicyclic) bond motifs is 1. The number of ether oxygens (including phenoxy) is 1. The molecule has 0 aromatic heterocycles. The van der Waals surface area contributed by atoms with Gasteiger partial charge in [0.05, 0.1) is 0 Å². The zero-order chi connectivity index (χ0) is 21.6. The Bertz CT molecular complexity index is 860. The Morgan fingerprint density at radius 3 is 2.42 bits per heavy atom. The number of esters is 1. The number of para-hydroxylation sites is 1. The molecule has 1 aromatic carbocycles. The molecule has 4 aliphatic carbocycles. The van der Waals surface area contributed by atoms with Crippen LogP contribution in [0.25, 0.3) is 0 Å². The molecular weight excluding hydrogens is 392 g/mol. The maximum absolute atomic E-state index is 12.8. The van der Waals surface area contributed by atoms with Gasteiger partial charge in [-0.25, -0.2) is 0 Å². The quantitative estimate of drug-likeness (QED) is 0.712. The summed E-state index contributed by atoms with van der Waals surface area (Å²) in [4.78, 5) is 39.3. The predicted molar refractivity (Wildman–Crippen MR) is 116 cm³/mol. The van der Waals surface area contributed by atoms with Crippen molar-refractivity contribution in [2.75, 3.05) is 18.0 Å². The molecule has 1 atom stereocenters. The van der Waals surface area contributed by atoms with Crippen molar-refractivity contribution >= 4 is 23.5 Å². The summed E-state index contributed by atoms with van der Waals surface area (Å²) >= 11 is 0. The molecule has 1 N–H and O–H groups in total. The minimum atomic E-state index is -0.876. The van der Waals surface area contributed by atoms with Gasteiger partial charge in [-0.1, -0.05) is 18.2 Å². The van der Waals surface area contributed by atoms with Crippen molar-refractivity contribution in [2.24, 2.45) is 23.2 Å². The average Bonchev–Trinajstić information content (AvgIpc) is 3.14. The van der Waals surface area contributed by atoms with Gasteiger partial charge in [0, 0.05) is 18.7 Å². The number of carbonyl (C=O) groups excluding carboxylic acids is 3. The summed E-state index contributed by atoms with van der Waals surface area (Å²) in [7, 11) is 0. The van der Waals surface area contributed by atoms with Gasteiger partial charge in [0.1, 0.15) is 6.54 Å². The lowest BCUT2D eigenvalue weighted by atomic mass is 9.49. The molecule has 0 unspecified atom stereocenters. The highest BCUT2D eigenvalue weighted by atomic mass is 16.5. The van der Waals surface area contributed by atoms with Crippen LogP contribution in [0.4, 0.5) is 5.69 Å². The Morgan fingerprint density at radius 1 is 1.10 bits per heavy atom. The van der Waals surface area contributed by atoms with Gasteiger partial charge in [-0.15, -0.1) is 0 Å². The van der Waals surface area contributed by atoms with Crippen LogP contribution in [0, 0.1) is 23.2 Å². The van der Waals surface area contributed by atoms with Crippen molar-refractivity contribution < 1.29 is 19.1 Å². The number of amides is 2. The first-order chi connectivity index (χ1) is 14.9. The average molecular weight is 425 g/mol. The van der Waals surface area contributed by atoms with Crippen molar-refractivity contribution in [1.82, 2.24) is 5.32 Å². The number of rotatable bonds is 6. The zero-order valence-corrected chi connectivity index (χ0v) is 18.3. The van der Waals surface area contributed by atoms with E-state index in [2.05, 4.69) is 5.32 Å². The van der Waals surface area contributed by atoms with Gasteiger partial charge in [-0.3, -0.25) is 14.4 Å². The van der Waals surface area contributed by atoms with E-state index in [0.717, 1.165) is 35.4 Å². The zero-order valence-electron chi connectivity index (χ0n) is 18.3. The van der Waals surface area contributed by atoms with Gasteiger partial charge in [-0.2, -0.15) is 0 Å². The maximum Gasteiger partial charge on any atom is 0.326 e. The van der Waals surface area contributed by atoms with Crippen LogP contribution in [0.1, 0.15) is 57.4 Å². The molecule has 4 fully saturated rings. The molecule has 6 nitrogen and oxygen atoms in total. The summed E-state index contributed by atoms with van der Waals surface area (Å²) in [5, 5.41) is 2.75. The van der Waals surface area contributed by atoms with Gasteiger partial charge in [0.25, 0.3) is 5.91 Å². The van der Waals surface area contributed by atoms with Crippen molar-refractivity contribution in [1.29, 1.82) is 0 Å². The van der Waals surface area contributed by atoms with Crippen molar-refractivity contribution in [3.05, 3.63) is 29.8 Å². The van der Waals surface area contributed by atoms with E-state index in [-0.39, 0.29) is 23.8 Å². The van der Waals surface area contributed by atoms with E-state index in [0.29, 0.717) is 13.0 Å². The summed E-state index contributed by atoms with van der Waals surface area (Å²) in [5.41, 5.74) is 2.17. The highest BCUT2D eigenvalue weighted by molar-refractivity contribution is 5.99. The fraction of sp³-hybridized carbons (Fsp3) is 0.640. The smallest absolute Gasteiger partial charge is 0.326 e. The van der Waals surface area contributed by atoms with Gasteiger partial charge >= 0.3 is 5.97 Å². The molecule has 1 heterocycles. The van der Waals surface area contributed by atoms with E-state index < -0.39 is 12.1 Å². The second-order valence-corrected chi connectivity index (χ2v) is 10.4. The maximum atomic E-state index is 12.8. The minimum absolute atomic E-state index is 0.0636. The first kappa shape index (κ1) is 20.5. The van der Waals surface area contributed by atoms with Gasteiger partial charge in [0.2, 0.25) is 5.91 Å². The van der Waals surface area contributed by atoms with Gasteiger partial charge < -0.3 is 15.0 Å². The summed E-state index contributed by atoms with van der Waals surface area (Å²) < 4.78 is 5.34. The molecule has 0 saturated heterocycles. The number of nitrogens with one attached hydrogen (secondary N) is 1. The summed E-state index contributed by atoms with van der Waals surface area (Å²) in [6.45, 7) is 2.01. The lowest BCUT2D eigenvalue weighted by molar-refractivity contribution is -0.153. The van der Waals surface area contributed by atoms with Crippen LogP contribution in [0.3, 0.4) is 0 Å². The largest absolute Gasteiger partial charge is 0.451 e. The summed E-state index contributed by atoms with van der Waals surface area (Å²) in [6, 6.07) is 7.79. The lowest BCUT2D eigenvalue weighted by Crippen LogP contribution is -2.48. The summed E-state index contributed by atoms with van der Waals surface area (Å²) in [6.07, 6.45) is 7.99. The standard InChI is InChI=1S/C25H32N2O4/c1-16(24(30)27-7-6-20-4-2-3-5-21(20)27)31-23(29)15-26-22(28)14-25-11-17-8-18(12-25)10-19(9-17)13-25/h2-5,16-19H,6-15H2,1H3,(H,26,28)/t16-,17?,18?,19?,25?/m1/s1. The van der Waals surface area contributed by atoms with Crippen LogP contribution in [-0.4, -0.2) is 37.0 Å². The fourth-order valence-electron chi connectivity index (χ4n) is 7.16. The number of hydrogen-bond donors (Lipinski definition) is 1. The number of anilines is 1. The molecule has 31 heavy (non-hydrogen) atoms. The van der Waals surface area contributed by atoms with Crippen molar-refractivity contribution in [3.63, 3.8) is 0 Å². The normalized spacial score (nSPS) is 31.3.